The second kappa shape index (κ2) is 6.82. The van der Waals surface area contributed by atoms with Gasteiger partial charge in [0.15, 0.2) is 0 Å². The van der Waals surface area contributed by atoms with E-state index in [1.54, 1.807) is 0 Å². The molecule has 0 amide bonds. The maximum atomic E-state index is 6.09. The highest BCUT2D eigenvalue weighted by Gasteiger charge is 2.55. The topological polar surface area (TPSA) is 12.2 Å². The molecule has 1 heterocycles. The van der Waals surface area contributed by atoms with Gasteiger partial charge >= 0.3 is 5.90 Å². The summed E-state index contributed by atoms with van der Waals surface area (Å²) in [5.41, 5.74) is 2.39. The summed E-state index contributed by atoms with van der Waals surface area (Å²) in [5.74, 6) is 1.42. The standard InChI is InChI=1S/C19H22NO.HI/c1-15-14-21-18(20(2)3)19(15,16-10-6-4-7-11-16)17-12-8-5-9-13-17;/h4-13,15H,14H2,1-3H3;1H/q+1;/p-1. The van der Waals surface area contributed by atoms with E-state index in [0.717, 1.165) is 12.5 Å². The minimum atomic E-state index is -0.202. The first kappa shape index (κ1) is 17.0. The maximum Gasteiger partial charge on any atom is 0.351 e. The molecule has 0 radical (unpaired) electrons. The Morgan fingerprint density at radius 1 is 0.909 bits per heavy atom. The Balaban J connectivity index is 0.00000176. The van der Waals surface area contributed by atoms with E-state index in [9.17, 15) is 0 Å². The lowest BCUT2D eigenvalue weighted by Gasteiger charge is -2.30. The van der Waals surface area contributed by atoms with Crippen LogP contribution in [0.15, 0.2) is 60.7 Å². The van der Waals surface area contributed by atoms with Gasteiger partial charge in [0.25, 0.3) is 0 Å². The molecule has 0 aromatic heterocycles. The fourth-order valence-corrected chi connectivity index (χ4v) is 3.52. The molecule has 1 saturated heterocycles. The highest BCUT2D eigenvalue weighted by molar-refractivity contribution is 5.90. The average molecular weight is 407 g/mol. The number of benzene rings is 2. The summed E-state index contributed by atoms with van der Waals surface area (Å²) in [4.78, 5) is 0. The van der Waals surface area contributed by atoms with Crippen molar-refractivity contribution in [2.45, 2.75) is 12.3 Å². The second-order valence-corrected chi connectivity index (χ2v) is 5.95. The van der Waals surface area contributed by atoms with Crippen LogP contribution < -0.4 is 24.0 Å². The molecule has 0 bridgehead atoms. The summed E-state index contributed by atoms with van der Waals surface area (Å²) in [5, 5.41) is 0. The number of hydrogen-bond donors (Lipinski definition) is 0. The third-order valence-electron chi connectivity index (χ3n) is 4.41. The number of rotatable bonds is 2. The van der Waals surface area contributed by atoms with E-state index >= 15 is 0 Å². The molecule has 116 valence electrons. The van der Waals surface area contributed by atoms with Crippen molar-refractivity contribution in [3.63, 3.8) is 0 Å². The van der Waals surface area contributed by atoms with Crippen molar-refractivity contribution in [1.29, 1.82) is 0 Å². The highest BCUT2D eigenvalue weighted by atomic mass is 127. The summed E-state index contributed by atoms with van der Waals surface area (Å²) in [6, 6.07) is 21.4. The molecule has 3 rings (SSSR count). The first-order valence-corrected chi connectivity index (χ1v) is 7.46. The van der Waals surface area contributed by atoms with Gasteiger partial charge in [-0.25, -0.2) is 4.58 Å². The van der Waals surface area contributed by atoms with Gasteiger partial charge in [0.1, 0.15) is 19.5 Å². The quantitative estimate of drug-likeness (QED) is 0.516. The van der Waals surface area contributed by atoms with E-state index in [0.29, 0.717) is 5.92 Å². The zero-order valence-electron chi connectivity index (χ0n) is 13.3. The largest absolute Gasteiger partial charge is 1.00 e. The van der Waals surface area contributed by atoms with Crippen molar-refractivity contribution in [3.8, 4) is 0 Å². The van der Waals surface area contributed by atoms with Gasteiger partial charge in [0, 0.05) is 5.92 Å². The molecule has 1 aliphatic rings. The summed E-state index contributed by atoms with van der Waals surface area (Å²) in [6.07, 6.45) is 0. The molecule has 1 fully saturated rings. The molecule has 0 aliphatic carbocycles. The van der Waals surface area contributed by atoms with Crippen LogP contribution >= 0.6 is 0 Å². The average Bonchev–Trinajstić information content (AvgIpc) is 2.87. The molecule has 3 heteroatoms. The fraction of sp³-hybridized carbons (Fsp3) is 0.316. The van der Waals surface area contributed by atoms with E-state index in [4.69, 9.17) is 4.74 Å². The van der Waals surface area contributed by atoms with Crippen LogP contribution in [0.3, 0.4) is 0 Å². The zero-order chi connectivity index (χ0) is 14.9. The summed E-state index contributed by atoms with van der Waals surface area (Å²) >= 11 is 0. The first-order chi connectivity index (χ1) is 10.2. The van der Waals surface area contributed by atoms with Gasteiger partial charge in [-0.05, 0) is 11.1 Å². The Bertz CT molecular complexity index is 608. The molecular weight excluding hydrogens is 385 g/mol. The van der Waals surface area contributed by atoms with E-state index in [1.165, 1.54) is 11.1 Å². The van der Waals surface area contributed by atoms with E-state index < -0.39 is 0 Å². The van der Waals surface area contributed by atoms with Crippen molar-refractivity contribution in [2.24, 2.45) is 5.92 Å². The Labute approximate surface area is 149 Å². The number of halogens is 1. The highest BCUT2D eigenvalue weighted by Crippen LogP contribution is 2.44. The van der Waals surface area contributed by atoms with E-state index in [-0.39, 0.29) is 29.4 Å². The molecule has 1 atom stereocenters. The Morgan fingerprint density at radius 3 is 1.77 bits per heavy atom. The van der Waals surface area contributed by atoms with E-state index in [1.807, 2.05) is 0 Å². The van der Waals surface area contributed by atoms with Crippen molar-refractivity contribution in [3.05, 3.63) is 71.8 Å². The summed E-state index contributed by atoms with van der Waals surface area (Å²) < 4.78 is 8.21. The van der Waals surface area contributed by atoms with Crippen molar-refractivity contribution >= 4 is 5.90 Å². The Hall–Kier alpha value is -1.36. The van der Waals surface area contributed by atoms with Crippen molar-refractivity contribution < 1.29 is 33.3 Å². The minimum Gasteiger partial charge on any atom is -1.00 e. The molecular formula is C19H22INO. The van der Waals surface area contributed by atoms with Gasteiger partial charge in [-0.1, -0.05) is 67.6 Å². The van der Waals surface area contributed by atoms with Gasteiger partial charge in [-0.2, -0.15) is 0 Å². The van der Waals surface area contributed by atoms with Gasteiger partial charge in [-0.3, -0.25) is 0 Å². The molecule has 22 heavy (non-hydrogen) atoms. The van der Waals surface area contributed by atoms with Gasteiger partial charge < -0.3 is 28.7 Å². The van der Waals surface area contributed by atoms with Crippen molar-refractivity contribution in [2.75, 3.05) is 20.7 Å². The number of nitrogens with zero attached hydrogens (tertiary/aromatic N) is 1. The Kier molecular flexibility index (Phi) is 5.27. The molecule has 2 aromatic carbocycles. The maximum absolute atomic E-state index is 6.09. The minimum absolute atomic E-state index is 0. The molecule has 0 saturated carbocycles. The SMILES string of the molecule is CC1COC(=[N+](C)C)C1(c1ccccc1)c1ccccc1.[I-]. The predicted octanol–water partition coefficient (Wildman–Crippen LogP) is 0.314. The molecule has 0 N–H and O–H groups in total. The third kappa shape index (κ3) is 2.56. The molecule has 2 aromatic rings. The van der Waals surface area contributed by atoms with Gasteiger partial charge in [-0.15, -0.1) is 0 Å². The predicted molar refractivity (Wildman–Crippen MR) is 85.9 cm³/mol. The summed E-state index contributed by atoms with van der Waals surface area (Å²) in [7, 11) is 4.13. The van der Waals surface area contributed by atoms with Crippen LogP contribution in [0.25, 0.3) is 0 Å². The smallest absolute Gasteiger partial charge is 0.351 e. The third-order valence-corrected chi connectivity index (χ3v) is 4.41. The van der Waals surface area contributed by atoms with Crippen LogP contribution in [0.5, 0.6) is 0 Å². The van der Waals surface area contributed by atoms with Crippen LogP contribution in [0, 0.1) is 5.92 Å². The first-order valence-electron chi connectivity index (χ1n) is 7.46. The van der Waals surface area contributed by atoms with Crippen LogP contribution in [0.2, 0.25) is 0 Å². The lowest BCUT2D eigenvalue weighted by molar-refractivity contribution is -0.476. The monoisotopic (exact) mass is 407 g/mol. The Morgan fingerprint density at radius 2 is 1.36 bits per heavy atom. The number of hydrogen-bond acceptors (Lipinski definition) is 1. The number of ether oxygens (including phenoxy) is 1. The van der Waals surface area contributed by atoms with Crippen molar-refractivity contribution in [1.82, 2.24) is 0 Å². The molecule has 2 nitrogen and oxygen atoms in total. The van der Waals surface area contributed by atoms with Crippen LogP contribution in [-0.4, -0.2) is 31.2 Å². The second-order valence-electron chi connectivity index (χ2n) is 5.95. The van der Waals surface area contributed by atoms with Crippen LogP contribution in [-0.2, 0) is 10.2 Å². The summed E-state index contributed by atoms with van der Waals surface area (Å²) in [6.45, 7) is 3.02. The van der Waals surface area contributed by atoms with Gasteiger partial charge in [0.2, 0.25) is 0 Å². The lowest BCUT2D eigenvalue weighted by atomic mass is 9.67. The van der Waals surface area contributed by atoms with Crippen LogP contribution in [0.1, 0.15) is 18.1 Å². The molecule has 1 aliphatic heterocycles. The lowest BCUT2D eigenvalue weighted by Crippen LogP contribution is -3.00. The van der Waals surface area contributed by atoms with Gasteiger partial charge in [0.05, 0.1) is 6.61 Å². The molecule has 0 spiro atoms. The van der Waals surface area contributed by atoms with E-state index in [2.05, 4.69) is 86.3 Å². The fourth-order valence-electron chi connectivity index (χ4n) is 3.52. The molecule has 1 unspecified atom stereocenters. The van der Waals surface area contributed by atoms with Crippen LogP contribution in [0.4, 0.5) is 0 Å². The zero-order valence-corrected chi connectivity index (χ0v) is 15.4. The normalized spacial score (nSPS) is 19.2.